The SMILES string of the molecule is C#CCOc1ccc(Br)cc1/C=C1\SC(=Nc2ccc(Cl)cc2)N(CC(C)C)C1=O. The molecule has 3 rings (SSSR count). The normalized spacial score (nSPS) is 16.5. The van der Waals surface area contributed by atoms with Crippen molar-refractivity contribution in [1.82, 2.24) is 4.90 Å². The van der Waals surface area contributed by atoms with Crippen LogP contribution >= 0.6 is 39.3 Å². The second-order valence-electron chi connectivity index (χ2n) is 6.97. The summed E-state index contributed by atoms with van der Waals surface area (Å²) in [5, 5.41) is 1.28. The van der Waals surface area contributed by atoms with Crippen molar-refractivity contribution < 1.29 is 9.53 Å². The number of amides is 1. The zero-order valence-corrected chi connectivity index (χ0v) is 19.7. The molecule has 1 amide bonds. The minimum absolute atomic E-state index is 0.0794. The van der Waals surface area contributed by atoms with Crippen LogP contribution in [0.25, 0.3) is 6.08 Å². The molecule has 2 aromatic rings. The molecule has 1 fully saturated rings. The number of thioether (sulfide) groups is 1. The summed E-state index contributed by atoms with van der Waals surface area (Å²) in [6.07, 6.45) is 7.14. The van der Waals surface area contributed by atoms with Crippen LogP contribution in [0.5, 0.6) is 5.75 Å². The van der Waals surface area contributed by atoms with Gasteiger partial charge in [0.05, 0.1) is 10.6 Å². The summed E-state index contributed by atoms with van der Waals surface area (Å²) in [6, 6.07) is 12.8. The van der Waals surface area contributed by atoms with Crippen LogP contribution in [0.3, 0.4) is 0 Å². The number of terminal acetylenes is 1. The third-order valence-electron chi connectivity index (χ3n) is 4.06. The van der Waals surface area contributed by atoms with Gasteiger partial charge in [-0.2, -0.15) is 0 Å². The highest BCUT2D eigenvalue weighted by molar-refractivity contribution is 9.10. The first-order valence-corrected chi connectivity index (χ1v) is 11.3. The van der Waals surface area contributed by atoms with Gasteiger partial charge >= 0.3 is 0 Å². The molecule has 1 saturated heterocycles. The van der Waals surface area contributed by atoms with Gasteiger partial charge in [-0.05, 0) is 66.2 Å². The van der Waals surface area contributed by atoms with Crippen LogP contribution in [0, 0.1) is 18.3 Å². The zero-order valence-electron chi connectivity index (χ0n) is 16.6. The van der Waals surface area contributed by atoms with Crippen molar-refractivity contribution in [2.45, 2.75) is 13.8 Å². The Kier molecular flexibility index (Phi) is 7.65. The minimum Gasteiger partial charge on any atom is -0.480 e. The molecule has 0 spiro atoms. The van der Waals surface area contributed by atoms with E-state index in [0.717, 1.165) is 15.7 Å². The number of hydrogen-bond acceptors (Lipinski definition) is 4. The fourth-order valence-electron chi connectivity index (χ4n) is 2.77. The third-order valence-corrected chi connectivity index (χ3v) is 5.81. The molecule has 4 nitrogen and oxygen atoms in total. The average molecular weight is 504 g/mol. The number of halogens is 2. The first kappa shape index (κ1) is 22.5. The van der Waals surface area contributed by atoms with Crippen LogP contribution in [0.15, 0.2) is 56.8 Å². The van der Waals surface area contributed by atoms with Crippen LogP contribution in [0.4, 0.5) is 5.69 Å². The lowest BCUT2D eigenvalue weighted by molar-refractivity contribution is -0.122. The van der Waals surface area contributed by atoms with E-state index in [4.69, 9.17) is 22.8 Å². The van der Waals surface area contributed by atoms with Gasteiger partial charge < -0.3 is 4.74 Å². The van der Waals surface area contributed by atoms with Gasteiger partial charge in [0.2, 0.25) is 0 Å². The Hall–Kier alpha value is -2.20. The van der Waals surface area contributed by atoms with Gasteiger partial charge in [0.25, 0.3) is 5.91 Å². The van der Waals surface area contributed by atoms with E-state index < -0.39 is 0 Å². The number of amidine groups is 1. The molecule has 0 saturated carbocycles. The molecule has 1 aliphatic heterocycles. The Morgan fingerprint density at radius 1 is 1.30 bits per heavy atom. The van der Waals surface area contributed by atoms with Crippen molar-refractivity contribution in [1.29, 1.82) is 0 Å². The number of hydrogen-bond donors (Lipinski definition) is 0. The first-order chi connectivity index (χ1) is 14.4. The molecule has 0 bridgehead atoms. The molecule has 1 heterocycles. The summed E-state index contributed by atoms with van der Waals surface area (Å²) >= 11 is 10.8. The van der Waals surface area contributed by atoms with Crippen LogP contribution in [0.2, 0.25) is 5.02 Å². The summed E-state index contributed by atoms with van der Waals surface area (Å²) in [7, 11) is 0. The van der Waals surface area contributed by atoms with E-state index in [0.29, 0.717) is 33.3 Å². The van der Waals surface area contributed by atoms with E-state index in [1.165, 1.54) is 11.8 Å². The van der Waals surface area contributed by atoms with Crippen LogP contribution < -0.4 is 4.74 Å². The maximum Gasteiger partial charge on any atom is 0.266 e. The summed E-state index contributed by atoms with van der Waals surface area (Å²) in [6.45, 7) is 4.87. The molecule has 1 aliphatic rings. The van der Waals surface area contributed by atoms with E-state index in [2.05, 4.69) is 40.7 Å². The Labute approximate surface area is 194 Å². The molecule has 0 radical (unpaired) electrons. The zero-order chi connectivity index (χ0) is 21.7. The van der Waals surface area contributed by atoms with Crippen molar-refractivity contribution in [2.75, 3.05) is 13.2 Å². The van der Waals surface area contributed by atoms with E-state index in [-0.39, 0.29) is 12.5 Å². The van der Waals surface area contributed by atoms with Gasteiger partial charge in [-0.1, -0.05) is 47.3 Å². The Balaban J connectivity index is 1.98. The lowest BCUT2D eigenvalue weighted by Gasteiger charge is -2.17. The highest BCUT2D eigenvalue weighted by Crippen LogP contribution is 2.36. The molecule has 0 atom stereocenters. The van der Waals surface area contributed by atoms with E-state index in [1.807, 2.05) is 36.4 Å². The largest absolute Gasteiger partial charge is 0.480 e. The van der Waals surface area contributed by atoms with Gasteiger partial charge in [-0.3, -0.25) is 9.69 Å². The second kappa shape index (κ2) is 10.2. The maximum atomic E-state index is 13.2. The number of carbonyl (C=O) groups is 1. The highest BCUT2D eigenvalue weighted by Gasteiger charge is 2.34. The van der Waals surface area contributed by atoms with Gasteiger partial charge in [0.15, 0.2) is 5.17 Å². The van der Waals surface area contributed by atoms with Crippen LogP contribution in [-0.4, -0.2) is 29.1 Å². The topological polar surface area (TPSA) is 41.9 Å². The number of nitrogens with zero attached hydrogens (tertiary/aromatic N) is 2. The number of aliphatic imine (C=N–C) groups is 1. The molecule has 7 heteroatoms. The van der Waals surface area contributed by atoms with Crippen molar-refractivity contribution in [3.05, 3.63) is 62.4 Å². The Bertz CT molecular complexity index is 1040. The fourth-order valence-corrected chi connectivity index (χ4v) is 4.27. The summed E-state index contributed by atoms with van der Waals surface area (Å²) in [4.78, 5) is 20.1. The summed E-state index contributed by atoms with van der Waals surface area (Å²) in [5.41, 5.74) is 1.51. The number of rotatable bonds is 6. The summed E-state index contributed by atoms with van der Waals surface area (Å²) < 4.78 is 6.51. The standard InChI is InChI=1S/C23H20BrClN2O2S/c1-4-11-29-20-10-5-17(24)12-16(20)13-21-22(28)27(14-15(2)3)23(30-21)26-19-8-6-18(25)7-9-19/h1,5-10,12-13,15H,11,14H2,2-3H3/b21-13-,26-23?. The number of benzene rings is 2. The number of ether oxygens (including phenoxy) is 1. The van der Waals surface area contributed by atoms with E-state index >= 15 is 0 Å². The Morgan fingerprint density at radius 3 is 2.70 bits per heavy atom. The van der Waals surface area contributed by atoms with Crippen molar-refractivity contribution in [3.8, 4) is 18.1 Å². The molecule has 30 heavy (non-hydrogen) atoms. The maximum absolute atomic E-state index is 13.2. The van der Waals surface area contributed by atoms with Crippen LogP contribution in [0.1, 0.15) is 19.4 Å². The summed E-state index contributed by atoms with van der Waals surface area (Å²) in [5.74, 6) is 3.30. The fraction of sp³-hybridized carbons (Fsp3) is 0.217. The predicted molar refractivity (Wildman–Crippen MR) is 129 cm³/mol. The lowest BCUT2D eigenvalue weighted by atomic mass is 10.1. The van der Waals surface area contributed by atoms with Gasteiger partial charge in [-0.15, -0.1) is 6.42 Å². The van der Waals surface area contributed by atoms with Crippen molar-refractivity contribution in [3.63, 3.8) is 0 Å². The first-order valence-electron chi connectivity index (χ1n) is 9.29. The molecule has 0 aliphatic carbocycles. The van der Waals surface area contributed by atoms with Crippen molar-refractivity contribution >= 4 is 62.1 Å². The van der Waals surface area contributed by atoms with Crippen molar-refractivity contribution in [2.24, 2.45) is 10.9 Å². The molecule has 0 unspecified atom stereocenters. The molecule has 0 N–H and O–H groups in total. The lowest BCUT2D eigenvalue weighted by Crippen LogP contribution is -2.32. The molecule has 0 aromatic heterocycles. The predicted octanol–water partition coefficient (Wildman–Crippen LogP) is 6.37. The molecule has 154 valence electrons. The molecule has 2 aromatic carbocycles. The van der Waals surface area contributed by atoms with Gasteiger partial charge in [0.1, 0.15) is 12.4 Å². The average Bonchev–Trinajstić information content (AvgIpc) is 2.97. The van der Waals surface area contributed by atoms with E-state index in [1.54, 1.807) is 17.0 Å². The van der Waals surface area contributed by atoms with Gasteiger partial charge in [0, 0.05) is 21.6 Å². The highest BCUT2D eigenvalue weighted by atomic mass is 79.9. The minimum atomic E-state index is -0.0794. The smallest absolute Gasteiger partial charge is 0.266 e. The molecular weight excluding hydrogens is 484 g/mol. The third kappa shape index (κ3) is 5.69. The monoisotopic (exact) mass is 502 g/mol. The molecular formula is C23H20BrClN2O2S. The Morgan fingerprint density at radius 2 is 2.03 bits per heavy atom. The van der Waals surface area contributed by atoms with Crippen LogP contribution in [-0.2, 0) is 4.79 Å². The quantitative estimate of drug-likeness (QED) is 0.339. The van der Waals surface area contributed by atoms with E-state index in [9.17, 15) is 4.79 Å². The van der Waals surface area contributed by atoms with Gasteiger partial charge in [-0.25, -0.2) is 4.99 Å². The second-order valence-corrected chi connectivity index (χ2v) is 9.33. The number of carbonyl (C=O) groups excluding carboxylic acids is 1.